The lowest BCUT2D eigenvalue weighted by Crippen LogP contribution is -2.09. The van der Waals surface area contributed by atoms with Crippen LogP contribution in [0.5, 0.6) is 0 Å². The molecule has 0 aromatic heterocycles. The van der Waals surface area contributed by atoms with Crippen molar-refractivity contribution in [1.82, 2.24) is 0 Å². The van der Waals surface area contributed by atoms with Gasteiger partial charge in [0.15, 0.2) is 0 Å². The molecule has 0 spiro atoms. The van der Waals surface area contributed by atoms with E-state index in [4.69, 9.17) is 0 Å². The Balaban J connectivity index is 3.07. The van der Waals surface area contributed by atoms with E-state index in [1.54, 1.807) is 0 Å². The monoisotopic (exact) mass is 294 g/mol. The van der Waals surface area contributed by atoms with Gasteiger partial charge in [-0.2, -0.15) is 0 Å². The van der Waals surface area contributed by atoms with Crippen molar-refractivity contribution < 1.29 is 13.3 Å². The van der Waals surface area contributed by atoms with Crippen LogP contribution in [0, 0.1) is 10.1 Å². The maximum absolute atomic E-state index is 10.9. The molecular weight excluding hydrogens is 288 g/mol. The maximum Gasteiger partial charge on any atom is 0.283 e. The standard InChI is InChI=1S/C7H7BrN2O4S/c1-15(13,14)9-5-2-3-7(10(11)12)6(8)4-5/h2-4,9H,1H3. The van der Waals surface area contributed by atoms with Crippen molar-refractivity contribution in [2.45, 2.75) is 0 Å². The van der Waals surface area contributed by atoms with Gasteiger partial charge in [0.25, 0.3) is 5.69 Å². The van der Waals surface area contributed by atoms with Gasteiger partial charge >= 0.3 is 0 Å². The van der Waals surface area contributed by atoms with Gasteiger partial charge in [-0.1, -0.05) is 0 Å². The van der Waals surface area contributed by atoms with Crippen molar-refractivity contribution >= 4 is 37.3 Å². The molecule has 0 bridgehead atoms. The van der Waals surface area contributed by atoms with Crippen LogP contribution in [0.3, 0.4) is 0 Å². The van der Waals surface area contributed by atoms with E-state index in [0.717, 1.165) is 6.26 Å². The molecule has 0 unspecified atom stereocenters. The van der Waals surface area contributed by atoms with E-state index in [1.807, 2.05) is 0 Å². The average Bonchev–Trinajstić information content (AvgIpc) is 1.99. The summed E-state index contributed by atoms with van der Waals surface area (Å²) in [5.74, 6) is 0. The molecule has 1 N–H and O–H groups in total. The molecule has 82 valence electrons. The Kier molecular flexibility index (Phi) is 3.30. The predicted molar refractivity (Wildman–Crippen MR) is 59.3 cm³/mol. The van der Waals surface area contributed by atoms with E-state index in [-0.39, 0.29) is 15.8 Å². The highest BCUT2D eigenvalue weighted by atomic mass is 79.9. The fourth-order valence-corrected chi connectivity index (χ4v) is 2.01. The number of nitrogens with one attached hydrogen (secondary N) is 1. The first kappa shape index (κ1) is 11.9. The second-order valence-electron chi connectivity index (χ2n) is 2.80. The fraction of sp³-hybridized carbons (Fsp3) is 0.143. The third-order valence-electron chi connectivity index (χ3n) is 1.45. The lowest BCUT2D eigenvalue weighted by atomic mass is 10.3. The molecule has 6 nitrogen and oxygen atoms in total. The molecule has 1 aromatic carbocycles. The molecule has 0 fully saturated rings. The molecule has 0 aliphatic heterocycles. The van der Waals surface area contributed by atoms with E-state index in [9.17, 15) is 18.5 Å². The van der Waals surface area contributed by atoms with Crippen molar-refractivity contribution in [2.24, 2.45) is 0 Å². The average molecular weight is 295 g/mol. The van der Waals surface area contributed by atoms with E-state index in [2.05, 4.69) is 20.7 Å². The van der Waals surface area contributed by atoms with Gasteiger partial charge in [0.2, 0.25) is 10.0 Å². The summed E-state index contributed by atoms with van der Waals surface area (Å²) in [6.45, 7) is 0. The zero-order valence-corrected chi connectivity index (χ0v) is 10.0. The lowest BCUT2D eigenvalue weighted by Gasteiger charge is -2.03. The number of rotatable bonds is 3. The molecule has 1 rings (SSSR count). The number of benzene rings is 1. The number of nitrogens with zero attached hydrogens (tertiary/aromatic N) is 1. The molecule has 0 atom stereocenters. The SMILES string of the molecule is CS(=O)(=O)Nc1ccc([N+](=O)[O-])c(Br)c1. The van der Waals surface area contributed by atoms with E-state index in [0.29, 0.717) is 0 Å². The van der Waals surface area contributed by atoms with Gasteiger partial charge in [0.1, 0.15) is 0 Å². The fourth-order valence-electron chi connectivity index (χ4n) is 0.933. The van der Waals surface area contributed by atoms with Crippen LogP contribution in [0.1, 0.15) is 0 Å². The summed E-state index contributed by atoms with van der Waals surface area (Å²) in [4.78, 5) is 9.89. The van der Waals surface area contributed by atoms with Crippen LogP contribution < -0.4 is 4.72 Å². The third kappa shape index (κ3) is 3.48. The summed E-state index contributed by atoms with van der Waals surface area (Å²) in [5.41, 5.74) is 0.157. The molecular formula is C7H7BrN2O4S. The molecule has 0 aliphatic rings. The number of hydrogen-bond acceptors (Lipinski definition) is 4. The van der Waals surface area contributed by atoms with Crippen LogP contribution in [0.25, 0.3) is 0 Å². The number of hydrogen-bond donors (Lipinski definition) is 1. The van der Waals surface area contributed by atoms with Gasteiger partial charge in [0, 0.05) is 6.07 Å². The molecule has 15 heavy (non-hydrogen) atoms. The zero-order chi connectivity index (χ0) is 11.6. The number of sulfonamides is 1. The minimum absolute atomic E-state index is 0.117. The van der Waals surface area contributed by atoms with Crippen molar-refractivity contribution in [3.8, 4) is 0 Å². The first-order valence-corrected chi connectivity index (χ1v) is 6.40. The van der Waals surface area contributed by atoms with Gasteiger partial charge in [-0.05, 0) is 28.1 Å². The van der Waals surface area contributed by atoms with Gasteiger partial charge in [-0.25, -0.2) is 8.42 Å². The highest BCUT2D eigenvalue weighted by Gasteiger charge is 2.12. The Labute approximate surface area is 94.6 Å². The summed E-state index contributed by atoms with van der Waals surface area (Å²) < 4.78 is 24.2. The van der Waals surface area contributed by atoms with Gasteiger partial charge in [-0.3, -0.25) is 14.8 Å². The smallest absolute Gasteiger partial charge is 0.283 e. The van der Waals surface area contributed by atoms with Crippen LogP contribution in [0.2, 0.25) is 0 Å². The normalized spacial score (nSPS) is 11.1. The summed E-state index contributed by atoms with van der Waals surface area (Å²) in [6.07, 6.45) is 1.00. The molecule has 0 heterocycles. The van der Waals surface area contributed by atoms with E-state index in [1.165, 1.54) is 18.2 Å². The molecule has 0 saturated carbocycles. The number of halogens is 1. The van der Waals surface area contributed by atoms with Crippen LogP contribution in [-0.4, -0.2) is 19.6 Å². The zero-order valence-electron chi connectivity index (χ0n) is 7.60. The van der Waals surface area contributed by atoms with Crippen molar-refractivity contribution in [1.29, 1.82) is 0 Å². The van der Waals surface area contributed by atoms with Gasteiger partial charge < -0.3 is 0 Å². The second kappa shape index (κ2) is 4.15. The number of anilines is 1. The molecule has 0 saturated heterocycles. The minimum Gasteiger partial charge on any atom is -0.284 e. The van der Waals surface area contributed by atoms with Crippen molar-refractivity contribution in [3.63, 3.8) is 0 Å². The Morgan fingerprint density at radius 3 is 2.47 bits per heavy atom. The largest absolute Gasteiger partial charge is 0.284 e. The Bertz CT molecular complexity index is 500. The Hall–Kier alpha value is -1.15. The topological polar surface area (TPSA) is 89.3 Å². The number of nitro groups is 1. The highest BCUT2D eigenvalue weighted by Crippen LogP contribution is 2.27. The van der Waals surface area contributed by atoms with Crippen LogP contribution in [-0.2, 0) is 10.0 Å². The molecule has 0 aliphatic carbocycles. The first-order chi connectivity index (χ1) is 6.79. The lowest BCUT2D eigenvalue weighted by molar-refractivity contribution is -0.385. The van der Waals surface area contributed by atoms with Gasteiger partial charge in [-0.15, -0.1) is 0 Å². The second-order valence-corrected chi connectivity index (χ2v) is 5.40. The maximum atomic E-state index is 10.9. The summed E-state index contributed by atoms with van der Waals surface area (Å²) in [6, 6.07) is 3.88. The molecule has 1 aromatic rings. The predicted octanol–water partition coefficient (Wildman–Crippen LogP) is 1.73. The van der Waals surface area contributed by atoms with Crippen LogP contribution in [0.4, 0.5) is 11.4 Å². The minimum atomic E-state index is -3.37. The summed E-state index contributed by atoms with van der Waals surface area (Å²) in [7, 11) is -3.37. The molecule has 8 heteroatoms. The van der Waals surface area contributed by atoms with Crippen molar-refractivity contribution in [3.05, 3.63) is 32.8 Å². The first-order valence-electron chi connectivity index (χ1n) is 3.71. The quantitative estimate of drug-likeness (QED) is 0.679. The third-order valence-corrected chi connectivity index (χ3v) is 2.69. The van der Waals surface area contributed by atoms with Gasteiger partial charge in [0.05, 0.1) is 21.3 Å². The Morgan fingerprint density at radius 1 is 1.47 bits per heavy atom. The summed E-state index contributed by atoms with van der Waals surface area (Å²) in [5, 5.41) is 10.5. The van der Waals surface area contributed by atoms with Crippen molar-refractivity contribution in [2.75, 3.05) is 11.0 Å². The highest BCUT2D eigenvalue weighted by molar-refractivity contribution is 9.10. The van der Waals surface area contributed by atoms with Crippen LogP contribution >= 0.6 is 15.9 Å². The van der Waals surface area contributed by atoms with E-state index < -0.39 is 14.9 Å². The van der Waals surface area contributed by atoms with E-state index >= 15 is 0 Å². The summed E-state index contributed by atoms with van der Waals surface area (Å²) >= 11 is 2.98. The number of nitro benzene ring substituents is 1. The molecule has 0 radical (unpaired) electrons. The molecule has 0 amide bonds. The van der Waals surface area contributed by atoms with Crippen LogP contribution in [0.15, 0.2) is 22.7 Å². The Morgan fingerprint density at radius 2 is 2.07 bits per heavy atom.